The van der Waals surface area contributed by atoms with E-state index in [2.05, 4.69) is 5.32 Å². The lowest BCUT2D eigenvalue weighted by molar-refractivity contribution is 0.153. The molecule has 1 aromatic carbocycles. The molecule has 0 radical (unpaired) electrons. The fourth-order valence-corrected chi connectivity index (χ4v) is 2.12. The third kappa shape index (κ3) is 1.65. The number of benzene rings is 1. The number of nitrogens with zero attached hydrogens (tertiary/aromatic N) is 1. The second-order valence-corrected chi connectivity index (χ2v) is 4.23. The van der Waals surface area contributed by atoms with Gasteiger partial charge in [-0.2, -0.15) is 0 Å². The van der Waals surface area contributed by atoms with Crippen LogP contribution in [0.2, 0.25) is 0 Å². The maximum absolute atomic E-state index is 11.7. The number of hydrogen-bond donors (Lipinski definition) is 2. The number of rotatable bonds is 3. The van der Waals surface area contributed by atoms with Gasteiger partial charge in [0.2, 0.25) is 0 Å². The van der Waals surface area contributed by atoms with Crippen molar-refractivity contribution in [2.75, 3.05) is 19.6 Å². The Balaban J connectivity index is 2.35. The molecule has 1 aliphatic rings. The summed E-state index contributed by atoms with van der Waals surface area (Å²) < 4.78 is 0. The van der Waals surface area contributed by atoms with Gasteiger partial charge in [-0.1, -0.05) is 30.3 Å². The molecule has 4 heteroatoms. The van der Waals surface area contributed by atoms with Gasteiger partial charge in [-0.15, -0.1) is 0 Å². The minimum absolute atomic E-state index is 0.0307. The molecule has 86 valence electrons. The summed E-state index contributed by atoms with van der Waals surface area (Å²) in [6, 6.07) is 9.90. The van der Waals surface area contributed by atoms with Crippen LogP contribution in [0.15, 0.2) is 30.3 Å². The molecule has 0 aliphatic carbocycles. The zero-order valence-electron chi connectivity index (χ0n) is 9.44. The van der Waals surface area contributed by atoms with Crippen LogP contribution in [-0.2, 0) is 5.54 Å². The van der Waals surface area contributed by atoms with Crippen molar-refractivity contribution < 1.29 is 4.79 Å². The van der Waals surface area contributed by atoms with E-state index in [9.17, 15) is 4.79 Å². The van der Waals surface area contributed by atoms with Crippen LogP contribution < -0.4 is 11.1 Å². The maximum Gasteiger partial charge on any atom is 0.318 e. The lowest BCUT2D eigenvalue weighted by atomic mass is 9.90. The molecular formula is C12H17N3O. The largest absolute Gasteiger partial charge is 0.336 e. The number of carbonyl (C=O) groups is 1. The van der Waals surface area contributed by atoms with Gasteiger partial charge in [0.25, 0.3) is 0 Å². The van der Waals surface area contributed by atoms with Crippen LogP contribution in [0.1, 0.15) is 12.5 Å². The minimum atomic E-state index is -0.415. The van der Waals surface area contributed by atoms with Gasteiger partial charge in [-0.05, 0) is 12.5 Å². The number of urea groups is 1. The monoisotopic (exact) mass is 219 g/mol. The van der Waals surface area contributed by atoms with E-state index in [0.29, 0.717) is 19.6 Å². The zero-order valence-corrected chi connectivity index (χ0v) is 9.44. The van der Waals surface area contributed by atoms with Crippen LogP contribution in [0.3, 0.4) is 0 Å². The smallest absolute Gasteiger partial charge is 0.318 e. The van der Waals surface area contributed by atoms with E-state index in [0.717, 1.165) is 5.56 Å². The highest BCUT2D eigenvalue weighted by molar-refractivity contribution is 5.77. The fraction of sp³-hybridized carbons (Fsp3) is 0.417. The Morgan fingerprint density at radius 2 is 2.12 bits per heavy atom. The lowest BCUT2D eigenvalue weighted by Gasteiger charge is -2.37. The van der Waals surface area contributed by atoms with Crippen molar-refractivity contribution in [3.8, 4) is 0 Å². The molecule has 4 nitrogen and oxygen atoms in total. The van der Waals surface area contributed by atoms with Gasteiger partial charge < -0.3 is 16.0 Å². The molecule has 2 rings (SSSR count). The van der Waals surface area contributed by atoms with E-state index in [1.54, 1.807) is 0 Å². The van der Waals surface area contributed by atoms with E-state index >= 15 is 0 Å². The third-order valence-corrected chi connectivity index (χ3v) is 3.25. The molecule has 1 heterocycles. The fourth-order valence-electron chi connectivity index (χ4n) is 2.12. The number of nitrogens with two attached hydrogens (primary N) is 1. The van der Waals surface area contributed by atoms with Crippen LogP contribution in [-0.4, -0.2) is 30.6 Å². The van der Waals surface area contributed by atoms with E-state index < -0.39 is 5.54 Å². The van der Waals surface area contributed by atoms with Crippen molar-refractivity contribution in [2.45, 2.75) is 12.5 Å². The molecule has 1 aliphatic heterocycles. The van der Waals surface area contributed by atoms with E-state index in [1.165, 1.54) is 0 Å². The summed E-state index contributed by atoms with van der Waals surface area (Å²) in [4.78, 5) is 13.5. The predicted molar refractivity (Wildman–Crippen MR) is 63.0 cm³/mol. The Bertz CT molecular complexity index is 379. The number of amides is 2. The molecular weight excluding hydrogens is 202 g/mol. The minimum Gasteiger partial charge on any atom is -0.336 e. The predicted octanol–water partition coefficient (Wildman–Crippen LogP) is 0.886. The van der Waals surface area contributed by atoms with Crippen molar-refractivity contribution in [3.05, 3.63) is 35.9 Å². The Labute approximate surface area is 95.4 Å². The zero-order chi connectivity index (χ0) is 11.6. The summed E-state index contributed by atoms with van der Waals surface area (Å²) in [6.45, 7) is 3.83. The summed E-state index contributed by atoms with van der Waals surface area (Å²) in [5, 5.41) is 2.81. The van der Waals surface area contributed by atoms with Crippen molar-refractivity contribution in [3.63, 3.8) is 0 Å². The second-order valence-electron chi connectivity index (χ2n) is 4.23. The molecule has 0 spiro atoms. The molecule has 3 N–H and O–H groups in total. The average molecular weight is 219 g/mol. The Kier molecular flexibility index (Phi) is 2.83. The lowest BCUT2D eigenvalue weighted by Crippen LogP contribution is -2.50. The normalized spacial score (nSPS) is 19.4. The van der Waals surface area contributed by atoms with Gasteiger partial charge in [0.15, 0.2) is 0 Å². The first-order chi connectivity index (χ1) is 7.68. The average Bonchev–Trinajstić information content (AvgIpc) is 2.76. The summed E-state index contributed by atoms with van der Waals surface area (Å²) in [7, 11) is 0. The third-order valence-electron chi connectivity index (χ3n) is 3.25. The van der Waals surface area contributed by atoms with E-state index in [4.69, 9.17) is 5.73 Å². The van der Waals surface area contributed by atoms with Crippen LogP contribution in [0.25, 0.3) is 0 Å². The highest BCUT2D eigenvalue weighted by Crippen LogP contribution is 2.28. The van der Waals surface area contributed by atoms with E-state index in [1.807, 2.05) is 42.2 Å². The molecule has 1 aromatic rings. The summed E-state index contributed by atoms with van der Waals surface area (Å²) in [6.07, 6.45) is 0. The van der Waals surface area contributed by atoms with Gasteiger partial charge in [0, 0.05) is 19.6 Å². The first-order valence-corrected chi connectivity index (χ1v) is 5.49. The first-order valence-electron chi connectivity index (χ1n) is 5.49. The van der Waals surface area contributed by atoms with Crippen molar-refractivity contribution in [1.82, 2.24) is 10.2 Å². The quantitative estimate of drug-likeness (QED) is 0.793. The van der Waals surface area contributed by atoms with Crippen LogP contribution in [0.5, 0.6) is 0 Å². The van der Waals surface area contributed by atoms with E-state index in [-0.39, 0.29) is 6.03 Å². The standard InChI is InChI=1S/C12H17N3O/c1-12(9-13,10-5-3-2-4-6-10)15-8-7-14-11(15)16/h2-6H,7-9,13H2,1H3,(H,14,16). The molecule has 0 aromatic heterocycles. The molecule has 0 bridgehead atoms. The van der Waals surface area contributed by atoms with Crippen LogP contribution in [0.4, 0.5) is 4.79 Å². The SMILES string of the molecule is CC(CN)(c1ccccc1)N1CCNC1=O. The topological polar surface area (TPSA) is 58.4 Å². The van der Waals surface area contributed by atoms with Crippen molar-refractivity contribution >= 4 is 6.03 Å². The first kappa shape index (κ1) is 11.0. The Morgan fingerprint density at radius 3 is 2.62 bits per heavy atom. The van der Waals surface area contributed by atoms with Crippen molar-refractivity contribution in [1.29, 1.82) is 0 Å². The van der Waals surface area contributed by atoms with Crippen LogP contribution in [0, 0.1) is 0 Å². The highest BCUT2D eigenvalue weighted by Gasteiger charge is 2.38. The van der Waals surface area contributed by atoms with Gasteiger partial charge >= 0.3 is 6.03 Å². The Morgan fingerprint density at radius 1 is 1.44 bits per heavy atom. The summed E-state index contributed by atoms with van der Waals surface area (Å²) in [5.41, 5.74) is 6.52. The van der Waals surface area contributed by atoms with Gasteiger partial charge in [-0.25, -0.2) is 4.79 Å². The molecule has 1 saturated heterocycles. The molecule has 2 amide bonds. The number of hydrogen-bond acceptors (Lipinski definition) is 2. The molecule has 1 unspecified atom stereocenters. The molecule has 0 saturated carbocycles. The highest BCUT2D eigenvalue weighted by atomic mass is 16.2. The molecule has 1 atom stereocenters. The second kappa shape index (κ2) is 4.14. The number of carbonyl (C=O) groups excluding carboxylic acids is 1. The molecule has 16 heavy (non-hydrogen) atoms. The van der Waals surface area contributed by atoms with Gasteiger partial charge in [0.1, 0.15) is 0 Å². The van der Waals surface area contributed by atoms with Gasteiger partial charge in [-0.3, -0.25) is 0 Å². The maximum atomic E-state index is 11.7. The molecule has 1 fully saturated rings. The summed E-state index contributed by atoms with van der Waals surface area (Å²) in [5.74, 6) is 0. The number of nitrogens with one attached hydrogen (secondary N) is 1. The van der Waals surface area contributed by atoms with Gasteiger partial charge in [0.05, 0.1) is 5.54 Å². The Hall–Kier alpha value is -1.55. The summed E-state index contributed by atoms with van der Waals surface area (Å²) >= 11 is 0. The van der Waals surface area contributed by atoms with Crippen LogP contribution >= 0.6 is 0 Å². The van der Waals surface area contributed by atoms with Crippen molar-refractivity contribution in [2.24, 2.45) is 5.73 Å².